The average molecular weight is 332 g/mol. The lowest BCUT2D eigenvalue weighted by atomic mass is 10.3. The molecular weight excluding hydrogens is 320 g/mol. The third kappa shape index (κ3) is 7.32. The van der Waals surface area contributed by atoms with Gasteiger partial charge in [0.05, 0.1) is 9.65 Å². The summed E-state index contributed by atoms with van der Waals surface area (Å²) in [5.41, 5.74) is 0. The standard InChI is InChI=1S/C8H12Br2O4/c1-5(11)13-3-7(9)8(10)4-14-6(2)12/h7-8H,3-4H2,1-2H3/t7-,8+. The maximum atomic E-state index is 10.5. The van der Waals surface area contributed by atoms with E-state index < -0.39 is 0 Å². The van der Waals surface area contributed by atoms with Crippen LogP contribution in [0.5, 0.6) is 0 Å². The normalized spacial score (nSPS) is 14.3. The van der Waals surface area contributed by atoms with E-state index in [0.717, 1.165) is 0 Å². The van der Waals surface area contributed by atoms with Gasteiger partial charge in [0.25, 0.3) is 0 Å². The Morgan fingerprint density at radius 2 is 1.29 bits per heavy atom. The number of ether oxygens (including phenoxy) is 2. The van der Waals surface area contributed by atoms with E-state index >= 15 is 0 Å². The fourth-order valence-electron chi connectivity index (χ4n) is 0.603. The summed E-state index contributed by atoms with van der Waals surface area (Å²) >= 11 is 6.61. The molecule has 0 saturated carbocycles. The SMILES string of the molecule is CC(=O)OC[C@@H](Br)[C@@H](Br)COC(C)=O. The van der Waals surface area contributed by atoms with Gasteiger partial charge in [-0.3, -0.25) is 9.59 Å². The minimum atomic E-state index is -0.332. The van der Waals surface area contributed by atoms with Gasteiger partial charge in [-0.15, -0.1) is 0 Å². The molecule has 0 aliphatic heterocycles. The molecule has 0 rings (SSSR count). The molecule has 0 bridgehead atoms. The molecule has 0 aromatic heterocycles. The molecule has 0 aromatic carbocycles. The van der Waals surface area contributed by atoms with Gasteiger partial charge in [0.15, 0.2) is 0 Å². The monoisotopic (exact) mass is 330 g/mol. The molecule has 82 valence electrons. The fraction of sp³-hybridized carbons (Fsp3) is 0.750. The zero-order valence-corrected chi connectivity index (χ0v) is 11.1. The van der Waals surface area contributed by atoms with E-state index in [1.807, 2.05) is 0 Å². The van der Waals surface area contributed by atoms with Gasteiger partial charge in [0.2, 0.25) is 0 Å². The highest BCUT2D eigenvalue weighted by molar-refractivity contribution is 9.12. The zero-order chi connectivity index (χ0) is 11.1. The molecular formula is C8H12Br2O4. The van der Waals surface area contributed by atoms with Crippen molar-refractivity contribution in [1.82, 2.24) is 0 Å². The van der Waals surface area contributed by atoms with Crippen LogP contribution in [0.3, 0.4) is 0 Å². The number of hydrogen-bond acceptors (Lipinski definition) is 4. The molecule has 0 unspecified atom stereocenters. The summed E-state index contributed by atoms with van der Waals surface area (Å²) in [6.45, 7) is 3.17. The Hall–Kier alpha value is -0.100. The van der Waals surface area contributed by atoms with E-state index in [4.69, 9.17) is 9.47 Å². The van der Waals surface area contributed by atoms with Crippen LogP contribution in [0, 0.1) is 0 Å². The molecule has 0 aliphatic rings. The third-order valence-corrected chi connectivity index (χ3v) is 3.80. The van der Waals surface area contributed by atoms with Crippen molar-refractivity contribution in [3.63, 3.8) is 0 Å². The van der Waals surface area contributed by atoms with Gasteiger partial charge < -0.3 is 9.47 Å². The number of esters is 2. The van der Waals surface area contributed by atoms with Gasteiger partial charge in [-0.1, -0.05) is 31.9 Å². The molecule has 0 amide bonds. The number of carbonyl (C=O) groups excluding carboxylic acids is 2. The molecule has 0 spiro atoms. The van der Waals surface area contributed by atoms with Crippen LogP contribution in [0.1, 0.15) is 13.8 Å². The molecule has 2 atom stereocenters. The van der Waals surface area contributed by atoms with Crippen LogP contribution >= 0.6 is 31.9 Å². The predicted octanol–water partition coefficient (Wildman–Crippen LogP) is 1.64. The van der Waals surface area contributed by atoms with E-state index in [1.165, 1.54) is 13.8 Å². The Morgan fingerprint density at radius 1 is 1.00 bits per heavy atom. The Bertz CT molecular complexity index is 186. The van der Waals surface area contributed by atoms with E-state index in [2.05, 4.69) is 31.9 Å². The van der Waals surface area contributed by atoms with Crippen molar-refractivity contribution in [3.05, 3.63) is 0 Å². The summed E-state index contributed by atoms with van der Waals surface area (Å²) < 4.78 is 9.55. The van der Waals surface area contributed by atoms with Crippen molar-refractivity contribution < 1.29 is 19.1 Å². The second kappa shape index (κ2) is 7.23. The largest absolute Gasteiger partial charge is 0.465 e. The first-order valence-electron chi connectivity index (χ1n) is 3.98. The Kier molecular flexibility index (Phi) is 7.17. The summed E-state index contributed by atoms with van der Waals surface area (Å²) in [6, 6.07) is 0. The summed E-state index contributed by atoms with van der Waals surface area (Å²) in [5, 5.41) is 0. The van der Waals surface area contributed by atoms with Gasteiger partial charge in [-0.25, -0.2) is 0 Å². The number of hydrogen-bond donors (Lipinski definition) is 0. The van der Waals surface area contributed by atoms with Gasteiger partial charge in [0, 0.05) is 13.8 Å². The highest BCUT2D eigenvalue weighted by Gasteiger charge is 2.18. The molecule has 0 radical (unpaired) electrons. The van der Waals surface area contributed by atoms with Gasteiger partial charge >= 0.3 is 11.9 Å². The lowest BCUT2D eigenvalue weighted by molar-refractivity contribution is -0.143. The predicted molar refractivity (Wildman–Crippen MR) is 58.7 cm³/mol. The Morgan fingerprint density at radius 3 is 1.50 bits per heavy atom. The van der Waals surface area contributed by atoms with E-state index in [9.17, 15) is 9.59 Å². The van der Waals surface area contributed by atoms with Crippen molar-refractivity contribution in [1.29, 1.82) is 0 Å². The molecule has 0 aromatic rings. The zero-order valence-electron chi connectivity index (χ0n) is 7.96. The van der Waals surface area contributed by atoms with Crippen LogP contribution in [0.2, 0.25) is 0 Å². The highest BCUT2D eigenvalue weighted by Crippen LogP contribution is 2.15. The van der Waals surface area contributed by atoms with Gasteiger partial charge in [-0.2, -0.15) is 0 Å². The highest BCUT2D eigenvalue weighted by atomic mass is 79.9. The fourth-order valence-corrected chi connectivity index (χ4v) is 1.17. The minimum Gasteiger partial charge on any atom is -0.465 e. The van der Waals surface area contributed by atoms with E-state index in [0.29, 0.717) is 0 Å². The van der Waals surface area contributed by atoms with Crippen molar-refractivity contribution >= 4 is 43.8 Å². The van der Waals surface area contributed by atoms with Crippen molar-refractivity contribution in [2.24, 2.45) is 0 Å². The van der Waals surface area contributed by atoms with Crippen molar-refractivity contribution in [2.45, 2.75) is 23.5 Å². The first-order chi connectivity index (χ1) is 6.43. The summed E-state index contributed by atoms with van der Waals surface area (Å²) in [5.74, 6) is -0.664. The maximum absolute atomic E-state index is 10.5. The molecule has 0 saturated heterocycles. The van der Waals surface area contributed by atoms with Crippen molar-refractivity contribution in [3.8, 4) is 0 Å². The first-order valence-corrected chi connectivity index (χ1v) is 5.81. The smallest absolute Gasteiger partial charge is 0.302 e. The third-order valence-electron chi connectivity index (χ3n) is 1.28. The maximum Gasteiger partial charge on any atom is 0.302 e. The first kappa shape index (κ1) is 13.9. The van der Waals surface area contributed by atoms with Gasteiger partial charge in [0.1, 0.15) is 13.2 Å². The van der Waals surface area contributed by atoms with Crippen LogP contribution in [0.25, 0.3) is 0 Å². The molecule has 14 heavy (non-hydrogen) atoms. The topological polar surface area (TPSA) is 52.6 Å². The quantitative estimate of drug-likeness (QED) is 0.567. The lowest BCUT2D eigenvalue weighted by Gasteiger charge is -2.15. The van der Waals surface area contributed by atoms with Gasteiger partial charge in [-0.05, 0) is 0 Å². The lowest BCUT2D eigenvalue weighted by Crippen LogP contribution is -2.26. The second-order valence-electron chi connectivity index (χ2n) is 2.64. The molecule has 4 nitrogen and oxygen atoms in total. The van der Waals surface area contributed by atoms with Crippen LogP contribution in [-0.4, -0.2) is 34.8 Å². The van der Waals surface area contributed by atoms with E-state index in [1.54, 1.807) is 0 Å². The number of carbonyl (C=O) groups is 2. The van der Waals surface area contributed by atoms with Crippen LogP contribution in [0.4, 0.5) is 0 Å². The summed E-state index contributed by atoms with van der Waals surface area (Å²) in [7, 11) is 0. The number of rotatable bonds is 5. The molecule has 6 heteroatoms. The molecule has 0 heterocycles. The van der Waals surface area contributed by atoms with Crippen molar-refractivity contribution in [2.75, 3.05) is 13.2 Å². The molecule has 0 fully saturated rings. The minimum absolute atomic E-state index is 0.0780. The number of halogens is 2. The molecule has 0 N–H and O–H groups in total. The van der Waals surface area contributed by atoms with Crippen LogP contribution in [0.15, 0.2) is 0 Å². The summed E-state index contributed by atoms with van der Waals surface area (Å²) in [6.07, 6.45) is 0. The van der Waals surface area contributed by atoms with E-state index in [-0.39, 0.29) is 34.8 Å². The van der Waals surface area contributed by atoms with Crippen LogP contribution in [-0.2, 0) is 19.1 Å². The average Bonchev–Trinajstić information content (AvgIpc) is 2.09. The number of alkyl halides is 2. The second-order valence-corrected chi connectivity index (χ2v) is 4.99. The Labute approximate surface area is 99.6 Å². The molecule has 0 aliphatic carbocycles. The summed E-state index contributed by atoms with van der Waals surface area (Å²) in [4.78, 5) is 20.8. The Balaban J connectivity index is 3.69. The van der Waals surface area contributed by atoms with Crippen LogP contribution < -0.4 is 0 Å².